The summed E-state index contributed by atoms with van der Waals surface area (Å²) in [6, 6.07) is 7.10. The van der Waals surface area contributed by atoms with Gasteiger partial charge in [0.2, 0.25) is 0 Å². The smallest absolute Gasteiger partial charge is 0.270 e. The van der Waals surface area contributed by atoms with Gasteiger partial charge in [0, 0.05) is 25.0 Å². The van der Waals surface area contributed by atoms with Crippen LogP contribution in [0, 0.1) is 0 Å². The number of hydrogen-bond acceptors (Lipinski definition) is 3. The molecule has 0 spiro atoms. The molecule has 1 aliphatic heterocycles. The van der Waals surface area contributed by atoms with Crippen LogP contribution in [-0.4, -0.2) is 37.3 Å². The van der Waals surface area contributed by atoms with E-state index in [9.17, 15) is 13.2 Å². The number of anilines is 1. The fourth-order valence-electron chi connectivity index (χ4n) is 3.59. The summed E-state index contributed by atoms with van der Waals surface area (Å²) in [5.74, 6) is -0.142. The van der Waals surface area contributed by atoms with Crippen molar-refractivity contribution in [1.29, 1.82) is 0 Å². The summed E-state index contributed by atoms with van der Waals surface area (Å²) in [5, 5.41) is 0. The van der Waals surface area contributed by atoms with Crippen LogP contribution in [-0.2, 0) is 22.9 Å². The van der Waals surface area contributed by atoms with Crippen LogP contribution in [0.25, 0.3) is 0 Å². The fourth-order valence-corrected chi connectivity index (χ4v) is 4.64. The maximum Gasteiger partial charge on any atom is 0.270 e. The monoisotopic (exact) mass is 359 g/mol. The highest BCUT2D eigenvalue weighted by Gasteiger charge is 2.24. The van der Waals surface area contributed by atoms with Gasteiger partial charge in [-0.1, -0.05) is 6.07 Å². The molecule has 132 valence electrons. The van der Waals surface area contributed by atoms with Crippen LogP contribution in [0.3, 0.4) is 0 Å². The van der Waals surface area contributed by atoms with E-state index in [2.05, 4.69) is 9.71 Å². The Labute approximate surface area is 147 Å². The van der Waals surface area contributed by atoms with Crippen molar-refractivity contribution in [3.63, 3.8) is 0 Å². The van der Waals surface area contributed by atoms with E-state index in [4.69, 9.17) is 0 Å². The first-order valence-corrected chi connectivity index (χ1v) is 10.1. The van der Waals surface area contributed by atoms with Gasteiger partial charge in [-0.05, 0) is 61.4 Å². The van der Waals surface area contributed by atoms with Crippen molar-refractivity contribution >= 4 is 21.6 Å². The topological polar surface area (TPSA) is 82.3 Å². The zero-order valence-electron chi connectivity index (χ0n) is 13.9. The number of hydrogen-bond donors (Lipinski definition) is 2. The van der Waals surface area contributed by atoms with Gasteiger partial charge in [0.05, 0.1) is 0 Å². The van der Waals surface area contributed by atoms with Crippen molar-refractivity contribution < 1.29 is 13.2 Å². The third kappa shape index (κ3) is 3.16. The molecule has 2 aliphatic rings. The van der Waals surface area contributed by atoms with Gasteiger partial charge >= 0.3 is 0 Å². The first kappa shape index (κ1) is 16.2. The summed E-state index contributed by atoms with van der Waals surface area (Å²) in [5.41, 5.74) is 3.38. The van der Waals surface area contributed by atoms with E-state index in [1.165, 1.54) is 23.4 Å². The number of carbonyl (C=O) groups is 1. The Kier molecular flexibility index (Phi) is 4.03. The Morgan fingerprint density at radius 1 is 1.04 bits per heavy atom. The standard InChI is InChI=1S/C18H21N3O3S/c22-18(21-8-1-2-9-21)17-11-16(12-19-17)25(23,24)20-15-7-6-13-4-3-5-14(13)10-15/h6-7,10-12,19-20H,1-5,8-9H2. The molecule has 1 aromatic carbocycles. The van der Waals surface area contributed by atoms with Crippen molar-refractivity contribution in [3.05, 3.63) is 47.3 Å². The van der Waals surface area contributed by atoms with Gasteiger partial charge in [-0.15, -0.1) is 0 Å². The van der Waals surface area contributed by atoms with E-state index < -0.39 is 10.0 Å². The molecule has 4 rings (SSSR count). The summed E-state index contributed by atoms with van der Waals surface area (Å²) in [7, 11) is -3.72. The quantitative estimate of drug-likeness (QED) is 0.880. The van der Waals surface area contributed by atoms with Gasteiger partial charge in [0.25, 0.3) is 15.9 Å². The van der Waals surface area contributed by atoms with E-state index >= 15 is 0 Å². The molecule has 0 atom stereocenters. The predicted molar refractivity (Wildman–Crippen MR) is 95.2 cm³/mol. The number of nitrogens with one attached hydrogen (secondary N) is 2. The number of carbonyl (C=O) groups excluding carboxylic acids is 1. The van der Waals surface area contributed by atoms with E-state index in [1.807, 2.05) is 12.1 Å². The van der Waals surface area contributed by atoms with Crippen LogP contribution in [0.4, 0.5) is 5.69 Å². The predicted octanol–water partition coefficient (Wildman–Crippen LogP) is 2.54. The third-order valence-corrected chi connectivity index (χ3v) is 6.30. The third-order valence-electron chi connectivity index (χ3n) is 4.94. The summed E-state index contributed by atoms with van der Waals surface area (Å²) < 4.78 is 27.8. The van der Waals surface area contributed by atoms with Crippen LogP contribution in [0.1, 0.15) is 40.9 Å². The lowest BCUT2D eigenvalue weighted by Gasteiger charge is -2.13. The molecule has 25 heavy (non-hydrogen) atoms. The molecule has 0 bridgehead atoms. The Balaban J connectivity index is 1.53. The Morgan fingerprint density at radius 3 is 2.60 bits per heavy atom. The number of aromatic amines is 1. The molecule has 1 aliphatic carbocycles. The first-order valence-electron chi connectivity index (χ1n) is 8.65. The highest BCUT2D eigenvalue weighted by atomic mass is 32.2. The van der Waals surface area contributed by atoms with Crippen LogP contribution in [0.5, 0.6) is 0 Å². The lowest BCUT2D eigenvalue weighted by atomic mass is 10.1. The molecule has 1 fully saturated rings. The van der Waals surface area contributed by atoms with Crippen molar-refractivity contribution in [1.82, 2.24) is 9.88 Å². The minimum absolute atomic E-state index is 0.0792. The first-order chi connectivity index (χ1) is 12.0. The number of aryl methyl sites for hydroxylation is 2. The normalized spacial score (nSPS) is 16.9. The number of fused-ring (bicyclic) bond motifs is 1. The number of nitrogens with zero attached hydrogens (tertiary/aromatic N) is 1. The van der Waals surface area contributed by atoms with Crippen molar-refractivity contribution in [3.8, 4) is 0 Å². The zero-order chi connectivity index (χ0) is 17.4. The summed E-state index contributed by atoms with van der Waals surface area (Å²) in [6.45, 7) is 1.46. The number of likely N-dealkylation sites (tertiary alicyclic amines) is 1. The largest absolute Gasteiger partial charge is 0.356 e. The molecule has 2 heterocycles. The molecule has 1 saturated heterocycles. The van der Waals surface area contributed by atoms with Gasteiger partial charge in [-0.3, -0.25) is 9.52 Å². The minimum atomic E-state index is -3.72. The van der Waals surface area contributed by atoms with Crippen LogP contribution >= 0.6 is 0 Å². The highest BCUT2D eigenvalue weighted by Crippen LogP contribution is 2.26. The fraction of sp³-hybridized carbons (Fsp3) is 0.389. The van der Waals surface area contributed by atoms with E-state index in [-0.39, 0.29) is 10.8 Å². The number of amides is 1. The summed E-state index contributed by atoms with van der Waals surface area (Å²) >= 11 is 0. The average Bonchev–Trinajstić information content (AvgIpc) is 3.33. The maximum absolute atomic E-state index is 12.6. The van der Waals surface area contributed by atoms with Gasteiger partial charge in [-0.25, -0.2) is 8.42 Å². The van der Waals surface area contributed by atoms with Gasteiger partial charge < -0.3 is 9.88 Å². The van der Waals surface area contributed by atoms with Crippen molar-refractivity contribution in [2.45, 2.75) is 37.0 Å². The van der Waals surface area contributed by atoms with Crippen molar-refractivity contribution in [2.24, 2.45) is 0 Å². The number of aromatic nitrogens is 1. The SMILES string of the molecule is O=C(c1cc(S(=O)(=O)Nc2ccc3c(c2)CCC3)c[nH]1)N1CCCC1. The summed E-state index contributed by atoms with van der Waals surface area (Å²) in [6.07, 6.45) is 6.53. The van der Waals surface area contributed by atoms with Gasteiger partial charge in [-0.2, -0.15) is 0 Å². The van der Waals surface area contributed by atoms with E-state index in [0.717, 1.165) is 45.2 Å². The molecule has 0 radical (unpaired) electrons. The second-order valence-electron chi connectivity index (χ2n) is 6.69. The lowest BCUT2D eigenvalue weighted by Crippen LogP contribution is -2.27. The molecule has 0 unspecified atom stereocenters. The van der Waals surface area contributed by atoms with Gasteiger partial charge in [0.15, 0.2) is 0 Å². The molecule has 1 aromatic heterocycles. The van der Waals surface area contributed by atoms with E-state index in [0.29, 0.717) is 11.4 Å². The maximum atomic E-state index is 12.6. The van der Waals surface area contributed by atoms with Crippen LogP contribution in [0.2, 0.25) is 0 Å². The number of rotatable bonds is 4. The Hall–Kier alpha value is -2.28. The summed E-state index contributed by atoms with van der Waals surface area (Å²) in [4.78, 5) is 17.0. The Morgan fingerprint density at radius 2 is 1.80 bits per heavy atom. The van der Waals surface area contributed by atoms with E-state index in [1.54, 1.807) is 11.0 Å². The average molecular weight is 359 g/mol. The molecule has 2 aromatic rings. The second-order valence-corrected chi connectivity index (χ2v) is 8.37. The van der Waals surface area contributed by atoms with Crippen LogP contribution < -0.4 is 4.72 Å². The minimum Gasteiger partial charge on any atom is -0.356 e. The zero-order valence-corrected chi connectivity index (χ0v) is 14.7. The highest BCUT2D eigenvalue weighted by molar-refractivity contribution is 7.92. The number of benzene rings is 1. The Bertz CT molecular complexity index is 911. The molecule has 6 nitrogen and oxygen atoms in total. The number of sulfonamides is 1. The molecular formula is C18H21N3O3S. The molecular weight excluding hydrogens is 338 g/mol. The molecule has 1 amide bonds. The second kappa shape index (κ2) is 6.22. The molecule has 0 saturated carbocycles. The molecule has 7 heteroatoms. The van der Waals surface area contributed by atoms with Crippen molar-refractivity contribution in [2.75, 3.05) is 17.8 Å². The van der Waals surface area contributed by atoms with Gasteiger partial charge in [0.1, 0.15) is 10.6 Å². The molecule has 2 N–H and O–H groups in total. The lowest BCUT2D eigenvalue weighted by molar-refractivity contribution is 0.0787. The number of H-pyrrole nitrogens is 1. The van der Waals surface area contributed by atoms with Crippen LogP contribution in [0.15, 0.2) is 35.4 Å².